The van der Waals surface area contributed by atoms with Crippen molar-refractivity contribution in [3.05, 3.63) is 46.0 Å². The molecule has 0 saturated heterocycles. The van der Waals surface area contributed by atoms with Gasteiger partial charge in [-0.05, 0) is 23.3 Å². The second-order valence-corrected chi connectivity index (χ2v) is 9.30. The van der Waals surface area contributed by atoms with Gasteiger partial charge in [0.25, 0.3) is 0 Å². The first-order valence-electron chi connectivity index (χ1n) is 10.4. The Morgan fingerprint density at radius 3 is 2.10 bits per heavy atom. The number of hydrogen-bond donors (Lipinski definition) is 3. The highest BCUT2D eigenvalue weighted by molar-refractivity contribution is 5.92. The Kier molecular flexibility index (Phi) is 9.61. The first-order chi connectivity index (χ1) is 14.3. The molecule has 0 heterocycles. The minimum Gasteiger partial charge on any atom is -0.368 e. The van der Waals surface area contributed by atoms with E-state index in [1.54, 1.807) is 20.8 Å². The molecule has 31 heavy (non-hydrogen) atoms. The number of nitrogens with zero attached hydrogens (tertiary/aromatic N) is 1. The summed E-state index contributed by atoms with van der Waals surface area (Å²) in [6.45, 7) is 8.52. The zero-order chi connectivity index (χ0) is 23.8. The molecule has 3 atom stereocenters. The maximum absolute atomic E-state index is 13.0. The second kappa shape index (κ2) is 11.4. The van der Waals surface area contributed by atoms with E-state index in [1.807, 2.05) is 44.2 Å². The van der Waals surface area contributed by atoms with Crippen LogP contribution in [-0.2, 0) is 20.8 Å². The van der Waals surface area contributed by atoms with Crippen molar-refractivity contribution >= 4 is 17.7 Å². The molecular weight excluding hydrogens is 400 g/mol. The van der Waals surface area contributed by atoms with Gasteiger partial charge in [-0.1, -0.05) is 65.0 Å². The summed E-state index contributed by atoms with van der Waals surface area (Å²) in [5.41, 5.74) is 5.61. The number of nitrogens with two attached hydrogens (primary N) is 1. The van der Waals surface area contributed by atoms with Gasteiger partial charge in [0.05, 0.1) is 0 Å². The summed E-state index contributed by atoms with van der Waals surface area (Å²) < 4.78 is 0. The van der Waals surface area contributed by atoms with Gasteiger partial charge < -0.3 is 16.4 Å². The van der Waals surface area contributed by atoms with Crippen LogP contribution < -0.4 is 16.4 Å². The fourth-order valence-corrected chi connectivity index (χ4v) is 3.28. The molecular formula is C22H34N4O5. The van der Waals surface area contributed by atoms with E-state index in [0.29, 0.717) is 6.42 Å². The Morgan fingerprint density at radius 2 is 1.65 bits per heavy atom. The van der Waals surface area contributed by atoms with E-state index in [9.17, 15) is 24.5 Å². The molecule has 0 unspecified atom stereocenters. The molecule has 3 amide bonds. The Hall–Kier alpha value is -2.97. The van der Waals surface area contributed by atoms with Crippen molar-refractivity contribution in [2.75, 3.05) is 6.54 Å². The maximum atomic E-state index is 13.0. The van der Waals surface area contributed by atoms with Gasteiger partial charge in [-0.3, -0.25) is 24.5 Å². The molecule has 0 aliphatic rings. The lowest BCUT2D eigenvalue weighted by atomic mass is 9.85. The average molecular weight is 435 g/mol. The highest BCUT2D eigenvalue weighted by atomic mass is 16.6. The molecule has 1 aromatic rings. The van der Waals surface area contributed by atoms with E-state index >= 15 is 0 Å². The van der Waals surface area contributed by atoms with Crippen LogP contribution in [0.4, 0.5) is 0 Å². The number of nitrogens with one attached hydrogen (secondary N) is 2. The van der Waals surface area contributed by atoms with E-state index in [4.69, 9.17) is 5.73 Å². The normalized spacial score (nSPS) is 14.4. The number of rotatable bonds is 11. The summed E-state index contributed by atoms with van der Waals surface area (Å²) in [5.74, 6) is -2.60. The van der Waals surface area contributed by atoms with Crippen LogP contribution >= 0.6 is 0 Å². The summed E-state index contributed by atoms with van der Waals surface area (Å²) in [6.07, 6.45) is 0.535. The summed E-state index contributed by atoms with van der Waals surface area (Å²) in [4.78, 5) is 48.2. The first kappa shape index (κ1) is 26.1. The molecule has 0 fully saturated rings. The Balaban J connectivity index is 3.00. The monoisotopic (exact) mass is 434 g/mol. The molecule has 0 saturated carbocycles. The summed E-state index contributed by atoms with van der Waals surface area (Å²) in [6, 6.07) is 7.15. The van der Waals surface area contributed by atoms with Crippen LogP contribution in [0.3, 0.4) is 0 Å². The molecule has 9 heteroatoms. The summed E-state index contributed by atoms with van der Waals surface area (Å²) in [7, 11) is 0. The number of amides is 3. The molecule has 0 radical (unpaired) electrons. The van der Waals surface area contributed by atoms with Crippen LogP contribution in [0.1, 0.15) is 46.6 Å². The van der Waals surface area contributed by atoms with E-state index in [1.165, 1.54) is 0 Å². The molecule has 1 rings (SSSR count). The first-order valence-corrected chi connectivity index (χ1v) is 10.4. The lowest BCUT2D eigenvalue weighted by Gasteiger charge is -2.32. The molecule has 0 aliphatic carbocycles. The van der Waals surface area contributed by atoms with Gasteiger partial charge in [-0.15, -0.1) is 0 Å². The molecule has 4 N–H and O–H groups in total. The van der Waals surface area contributed by atoms with Crippen LogP contribution in [0.25, 0.3) is 0 Å². The van der Waals surface area contributed by atoms with E-state index in [2.05, 4.69) is 10.6 Å². The van der Waals surface area contributed by atoms with Crippen molar-refractivity contribution in [1.82, 2.24) is 10.6 Å². The quantitative estimate of drug-likeness (QED) is 0.358. The number of primary amides is 1. The molecule has 1 aromatic carbocycles. The highest BCUT2D eigenvalue weighted by Crippen LogP contribution is 2.21. The number of benzene rings is 1. The zero-order valence-electron chi connectivity index (χ0n) is 18.9. The van der Waals surface area contributed by atoms with Crippen LogP contribution in [0, 0.1) is 27.4 Å². The van der Waals surface area contributed by atoms with E-state index < -0.39 is 52.6 Å². The number of hydrogen-bond acceptors (Lipinski definition) is 5. The third-order valence-electron chi connectivity index (χ3n) is 4.85. The molecule has 0 aromatic heterocycles. The molecule has 0 spiro atoms. The largest absolute Gasteiger partial charge is 0.368 e. The standard InChI is InChI=1S/C22H34N4O5/c1-14(2)11-16(13-26(30)31)20(28)25-18(22(3,4)5)21(29)24-17(19(23)27)12-15-9-7-6-8-10-15/h6-10,14,16-18H,11-13H2,1-5H3,(H2,23,27)(H,24,29)(H,25,28)/t16-,17-,18-/m1/s1. The van der Waals surface area contributed by atoms with Crippen molar-refractivity contribution in [1.29, 1.82) is 0 Å². The molecule has 172 valence electrons. The minimum absolute atomic E-state index is 0.0720. The van der Waals surface area contributed by atoms with E-state index in [-0.39, 0.29) is 12.3 Å². The van der Waals surface area contributed by atoms with Crippen molar-refractivity contribution in [2.45, 2.75) is 59.5 Å². The van der Waals surface area contributed by atoms with Crippen molar-refractivity contribution in [3.63, 3.8) is 0 Å². The number of nitro groups is 1. The van der Waals surface area contributed by atoms with Gasteiger partial charge in [0.1, 0.15) is 18.0 Å². The Morgan fingerprint density at radius 1 is 1.06 bits per heavy atom. The van der Waals surface area contributed by atoms with Crippen LogP contribution in [0.15, 0.2) is 30.3 Å². The second-order valence-electron chi connectivity index (χ2n) is 9.30. The van der Waals surface area contributed by atoms with Gasteiger partial charge in [-0.2, -0.15) is 0 Å². The van der Waals surface area contributed by atoms with Crippen molar-refractivity contribution in [3.8, 4) is 0 Å². The van der Waals surface area contributed by atoms with Gasteiger partial charge in [0.2, 0.25) is 24.3 Å². The van der Waals surface area contributed by atoms with Crippen LogP contribution in [0.2, 0.25) is 0 Å². The minimum atomic E-state index is -1.00. The fraction of sp³-hybridized carbons (Fsp3) is 0.591. The molecule has 0 bridgehead atoms. The van der Waals surface area contributed by atoms with Gasteiger partial charge in [0.15, 0.2) is 0 Å². The highest BCUT2D eigenvalue weighted by Gasteiger charge is 2.37. The zero-order valence-corrected chi connectivity index (χ0v) is 18.9. The van der Waals surface area contributed by atoms with Crippen LogP contribution in [0.5, 0.6) is 0 Å². The Bertz CT molecular complexity index is 774. The van der Waals surface area contributed by atoms with Crippen molar-refractivity contribution < 1.29 is 19.3 Å². The topological polar surface area (TPSA) is 144 Å². The van der Waals surface area contributed by atoms with Gasteiger partial charge in [-0.25, -0.2) is 0 Å². The summed E-state index contributed by atoms with van der Waals surface area (Å²) >= 11 is 0. The number of carbonyl (C=O) groups excluding carboxylic acids is 3. The fourth-order valence-electron chi connectivity index (χ4n) is 3.28. The predicted octanol–water partition coefficient (Wildman–Crippen LogP) is 1.67. The smallest absolute Gasteiger partial charge is 0.243 e. The third-order valence-corrected chi connectivity index (χ3v) is 4.85. The van der Waals surface area contributed by atoms with Crippen LogP contribution in [-0.4, -0.2) is 41.3 Å². The Labute approximate surface area is 183 Å². The molecule has 0 aliphatic heterocycles. The predicted molar refractivity (Wildman–Crippen MR) is 117 cm³/mol. The number of carbonyl (C=O) groups is 3. The van der Waals surface area contributed by atoms with E-state index in [0.717, 1.165) is 5.56 Å². The lowest BCUT2D eigenvalue weighted by molar-refractivity contribution is -0.486. The van der Waals surface area contributed by atoms with Crippen molar-refractivity contribution in [2.24, 2.45) is 23.0 Å². The SMILES string of the molecule is CC(C)C[C@H](C[N+](=O)[O-])C(=O)N[C@H](C(=O)N[C@H](Cc1ccccc1)C(N)=O)C(C)(C)C. The molecule has 9 nitrogen and oxygen atoms in total. The van der Waals surface area contributed by atoms with Gasteiger partial charge >= 0.3 is 0 Å². The third kappa shape index (κ3) is 9.15. The summed E-state index contributed by atoms with van der Waals surface area (Å²) in [5, 5.41) is 16.3. The maximum Gasteiger partial charge on any atom is 0.243 e. The van der Waals surface area contributed by atoms with Gasteiger partial charge in [0, 0.05) is 11.3 Å². The average Bonchev–Trinajstić information content (AvgIpc) is 2.63. The lowest BCUT2D eigenvalue weighted by Crippen LogP contribution is -2.58.